The summed E-state index contributed by atoms with van der Waals surface area (Å²) in [5, 5.41) is 22.7. The first-order valence-corrected chi connectivity index (χ1v) is 16.4. The highest BCUT2D eigenvalue weighted by molar-refractivity contribution is 6.06. The van der Waals surface area contributed by atoms with E-state index in [1.165, 1.54) is 27.8 Å². The second kappa shape index (κ2) is 15.1. The second-order valence-electron chi connectivity index (χ2n) is 12.2. The molecule has 4 aromatic rings. The fraction of sp³-hybridized carbons (Fsp3) is 0.400. The number of amides is 3. The lowest BCUT2D eigenvalue weighted by Gasteiger charge is -2.36. The van der Waals surface area contributed by atoms with Gasteiger partial charge in [0.05, 0.1) is 29.5 Å². The number of carbonyl (C=O) groups is 3. The number of aliphatic hydroxyl groups is 1. The van der Waals surface area contributed by atoms with Crippen LogP contribution in [0.5, 0.6) is 0 Å². The first-order valence-electron chi connectivity index (χ1n) is 16.4. The van der Waals surface area contributed by atoms with Crippen LogP contribution in [-0.4, -0.2) is 78.3 Å². The highest BCUT2D eigenvalue weighted by atomic mass is 19.4. The minimum absolute atomic E-state index is 0.0517. The first kappa shape index (κ1) is 35.3. The number of carbonyl (C=O) groups excluding carboxylic acids is 3. The smallest absolute Gasteiger partial charge is 0.394 e. The van der Waals surface area contributed by atoms with E-state index in [0.717, 1.165) is 43.0 Å². The molecule has 260 valence electrons. The molecule has 0 saturated heterocycles. The van der Waals surface area contributed by atoms with Crippen molar-refractivity contribution in [2.75, 3.05) is 25.0 Å². The highest BCUT2D eigenvalue weighted by Crippen LogP contribution is 2.32. The third-order valence-electron chi connectivity index (χ3n) is 8.65. The van der Waals surface area contributed by atoms with Crippen LogP contribution >= 0.6 is 0 Å². The Bertz CT molecular complexity index is 1810. The molecule has 3 amide bonds. The van der Waals surface area contributed by atoms with Gasteiger partial charge in [-0.05, 0) is 61.6 Å². The third kappa shape index (κ3) is 7.69. The minimum atomic E-state index is -4.86. The summed E-state index contributed by atoms with van der Waals surface area (Å²) in [6, 6.07) is 13.0. The Balaban J connectivity index is 1.55. The molecule has 3 heterocycles. The van der Waals surface area contributed by atoms with Crippen LogP contribution in [0.4, 0.5) is 18.9 Å². The summed E-state index contributed by atoms with van der Waals surface area (Å²) in [6.07, 6.45) is -0.0695. The van der Waals surface area contributed by atoms with Gasteiger partial charge in [0.25, 0.3) is 17.7 Å². The number of nitrogens with zero attached hydrogens (tertiary/aromatic N) is 5. The standard InChI is InChI=1S/C35H40F3N7O4/c1-4-6-14-43(15-7-5-2)34(49)29-16-22(3)45(42-29)30-13-12-25(40-32(47)28-19-39-41-31(28)35(36,37)38)18-27(30)33(48)44-20-24-11-9-8-10-23(24)17-26(44)21-46/h8-13,16,18-19,26,46H,4-7,14-15,17,20-21H2,1-3H3,(H,39,41)(H,40,47)/t26-/m0/s1. The summed E-state index contributed by atoms with van der Waals surface area (Å²) < 4.78 is 41.9. The van der Waals surface area contributed by atoms with Gasteiger partial charge in [0.15, 0.2) is 11.4 Å². The molecule has 0 fully saturated rings. The van der Waals surface area contributed by atoms with Crippen molar-refractivity contribution >= 4 is 23.4 Å². The van der Waals surface area contributed by atoms with Gasteiger partial charge in [-0.15, -0.1) is 0 Å². The van der Waals surface area contributed by atoms with E-state index < -0.39 is 35.3 Å². The maximum atomic E-state index is 14.4. The number of benzene rings is 2. The monoisotopic (exact) mass is 679 g/mol. The van der Waals surface area contributed by atoms with Crippen LogP contribution in [0.3, 0.4) is 0 Å². The fourth-order valence-corrected chi connectivity index (χ4v) is 5.99. The lowest BCUT2D eigenvalue weighted by atomic mass is 9.93. The first-order chi connectivity index (χ1) is 23.5. The van der Waals surface area contributed by atoms with Gasteiger partial charge in [0, 0.05) is 37.2 Å². The normalized spacial score (nSPS) is 14.4. The maximum Gasteiger partial charge on any atom is 0.435 e. The average Bonchev–Trinajstić information content (AvgIpc) is 3.75. The van der Waals surface area contributed by atoms with Crippen LogP contribution in [0, 0.1) is 6.92 Å². The van der Waals surface area contributed by atoms with Gasteiger partial charge in [-0.2, -0.15) is 23.4 Å². The van der Waals surface area contributed by atoms with Crippen molar-refractivity contribution < 1.29 is 32.7 Å². The number of aliphatic hydroxyl groups excluding tert-OH is 1. The third-order valence-corrected chi connectivity index (χ3v) is 8.65. The SMILES string of the molecule is CCCCN(CCCC)C(=O)c1cc(C)n(-c2ccc(NC(=O)c3c[nH]nc3C(F)(F)F)cc2C(=O)N2Cc3ccccc3C[C@H]2CO)n1. The zero-order chi connectivity index (χ0) is 35.3. The predicted molar refractivity (Wildman–Crippen MR) is 176 cm³/mol. The zero-order valence-corrected chi connectivity index (χ0v) is 27.7. The van der Waals surface area contributed by atoms with Crippen molar-refractivity contribution in [2.24, 2.45) is 0 Å². The molecule has 0 unspecified atom stereocenters. The average molecular weight is 680 g/mol. The number of aromatic amines is 1. The largest absolute Gasteiger partial charge is 0.435 e. The minimum Gasteiger partial charge on any atom is -0.394 e. The number of fused-ring (bicyclic) bond motifs is 1. The molecule has 14 heteroatoms. The molecule has 0 aliphatic carbocycles. The van der Waals surface area contributed by atoms with Gasteiger partial charge in [-0.3, -0.25) is 19.5 Å². The van der Waals surface area contributed by atoms with Crippen LogP contribution in [0.25, 0.3) is 5.69 Å². The van der Waals surface area contributed by atoms with E-state index in [0.29, 0.717) is 30.9 Å². The van der Waals surface area contributed by atoms with Crippen molar-refractivity contribution in [1.82, 2.24) is 29.8 Å². The van der Waals surface area contributed by atoms with E-state index in [1.807, 2.05) is 24.3 Å². The lowest BCUT2D eigenvalue weighted by molar-refractivity contribution is -0.141. The molecule has 2 aromatic carbocycles. The van der Waals surface area contributed by atoms with Gasteiger partial charge in [0.2, 0.25) is 0 Å². The van der Waals surface area contributed by atoms with E-state index in [9.17, 15) is 32.7 Å². The molecule has 1 atom stereocenters. The summed E-state index contributed by atoms with van der Waals surface area (Å²) in [5.41, 5.74) is 1.03. The number of hydrogen-bond donors (Lipinski definition) is 3. The molecule has 5 rings (SSSR count). The molecule has 0 radical (unpaired) electrons. The summed E-state index contributed by atoms with van der Waals surface area (Å²) in [5.74, 6) is -1.79. The van der Waals surface area contributed by atoms with Crippen LogP contribution < -0.4 is 5.32 Å². The highest BCUT2D eigenvalue weighted by Gasteiger charge is 2.38. The number of anilines is 1. The number of H-pyrrole nitrogens is 1. The Labute approximate surface area is 282 Å². The van der Waals surface area contributed by atoms with Crippen LogP contribution in [-0.2, 0) is 19.1 Å². The molecule has 0 saturated carbocycles. The quantitative estimate of drug-likeness (QED) is 0.174. The van der Waals surface area contributed by atoms with Crippen molar-refractivity contribution in [2.45, 2.75) is 71.6 Å². The van der Waals surface area contributed by atoms with Crippen molar-refractivity contribution in [3.63, 3.8) is 0 Å². The van der Waals surface area contributed by atoms with Gasteiger partial charge in [-0.1, -0.05) is 51.0 Å². The Hall–Kier alpha value is -4.98. The molecule has 0 bridgehead atoms. The molecule has 3 N–H and O–H groups in total. The van der Waals surface area contributed by atoms with Gasteiger partial charge >= 0.3 is 6.18 Å². The van der Waals surface area contributed by atoms with Crippen molar-refractivity contribution in [3.05, 3.63) is 94.1 Å². The summed E-state index contributed by atoms with van der Waals surface area (Å²) in [6.45, 7) is 6.93. The van der Waals surface area contributed by atoms with E-state index in [-0.39, 0.29) is 36.0 Å². The second-order valence-corrected chi connectivity index (χ2v) is 12.2. The summed E-state index contributed by atoms with van der Waals surface area (Å²) in [4.78, 5) is 44.4. The zero-order valence-electron chi connectivity index (χ0n) is 27.7. The van der Waals surface area contributed by atoms with E-state index in [1.54, 1.807) is 17.9 Å². The molecule has 1 aliphatic heterocycles. The van der Waals surface area contributed by atoms with E-state index in [2.05, 4.69) is 34.5 Å². The summed E-state index contributed by atoms with van der Waals surface area (Å²) >= 11 is 0. The number of aryl methyl sites for hydroxylation is 1. The number of alkyl halides is 3. The number of unbranched alkanes of at least 4 members (excludes halogenated alkanes) is 2. The Kier molecular flexibility index (Phi) is 10.9. The fourth-order valence-electron chi connectivity index (χ4n) is 5.99. The number of halogens is 3. The predicted octanol–water partition coefficient (Wildman–Crippen LogP) is 5.78. The molecule has 11 nitrogen and oxygen atoms in total. The maximum absolute atomic E-state index is 14.4. The number of rotatable bonds is 12. The molecule has 0 spiro atoms. The Morgan fingerprint density at radius 2 is 1.71 bits per heavy atom. The van der Waals surface area contributed by atoms with Crippen molar-refractivity contribution in [3.8, 4) is 5.69 Å². The van der Waals surface area contributed by atoms with E-state index in [4.69, 9.17) is 0 Å². The number of aromatic nitrogens is 4. The summed E-state index contributed by atoms with van der Waals surface area (Å²) in [7, 11) is 0. The van der Waals surface area contributed by atoms with Gasteiger partial charge in [-0.25, -0.2) is 4.68 Å². The van der Waals surface area contributed by atoms with Crippen LogP contribution in [0.2, 0.25) is 0 Å². The molecule has 49 heavy (non-hydrogen) atoms. The van der Waals surface area contributed by atoms with E-state index >= 15 is 0 Å². The number of hydrogen-bond acceptors (Lipinski definition) is 6. The van der Waals surface area contributed by atoms with Crippen molar-refractivity contribution in [1.29, 1.82) is 0 Å². The molecule has 1 aliphatic rings. The van der Waals surface area contributed by atoms with Crippen LogP contribution in [0.1, 0.15) is 93.2 Å². The van der Waals surface area contributed by atoms with Gasteiger partial charge in [0.1, 0.15) is 0 Å². The Morgan fingerprint density at radius 3 is 2.37 bits per heavy atom. The molecule has 2 aromatic heterocycles. The Morgan fingerprint density at radius 1 is 1.02 bits per heavy atom. The molecular formula is C35H40F3N7O4. The van der Waals surface area contributed by atoms with Crippen LogP contribution in [0.15, 0.2) is 54.7 Å². The van der Waals surface area contributed by atoms with Gasteiger partial charge < -0.3 is 20.2 Å². The number of nitrogens with one attached hydrogen (secondary N) is 2. The lowest BCUT2D eigenvalue weighted by Crippen LogP contribution is -2.46. The topological polar surface area (TPSA) is 136 Å². The molecular weight excluding hydrogens is 639 g/mol.